The van der Waals surface area contributed by atoms with Crippen molar-refractivity contribution in [3.63, 3.8) is 0 Å². The number of carboxylic acids is 1. The summed E-state index contributed by atoms with van der Waals surface area (Å²) < 4.78 is 10.9. The van der Waals surface area contributed by atoms with Crippen LogP contribution in [-0.4, -0.2) is 60.5 Å². The van der Waals surface area contributed by atoms with Gasteiger partial charge in [0.25, 0.3) is 0 Å². The summed E-state index contributed by atoms with van der Waals surface area (Å²) in [4.78, 5) is 13.4. The Kier molecular flexibility index (Phi) is 5.13. The molecule has 0 spiro atoms. The van der Waals surface area contributed by atoms with Gasteiger partial charge in [-0.3, -0.25) is 9.69 Å². The third-order valence-corrected chi connectivity index (χ3v) is 4.19. The molecule has 3 atom stereocenters. The lowest BCUT2D eigenvalue weighted by Gasteiger charge is -2.42. The summed E-state index contributed by atoms with van der Waals surface area (Å²) in [5.41, 5.74) is -0.318. The van der Waals surface area contributed by atoms with Gasteiger partial charge >= 0.3 is 5.97 Å². The number of rotatable bonds is 6. The number of likely N-dealkylation sites (N-methyl/N-ethyl adjacent to an activating group) is 1. The summed E-state index contributed by atoms with van der Waals surface area (Å²) in [7, 11) is 1.68. The van der Waals surface area contributed by atoms with Crippen molar-refractivity contribution in [2.45, 2.75) is 45.4 Å². The lowest BCUT2D eigenvalue weighted by molar-refractivity contribution is -0.144. The average molecular weight is 259 g/mol. The van der Waals surface area contributed by atoms with Crippen molar-refractivity contribution in [3.8, 4) is 0 Å². The highest BCUT2D eigenvalue weighted by molar-refractivity contribution is 5.71. The number of ether oxygens (including phenoxy) is 2. The molecule has 5 nitrogen and oxygen atoms in total. The molecule has 3 unspecified atom stereocenters. The van der Waals surface area contributed by atoms with E-state index in [1.165, 1.54) is 0 Å². The largest absolute Gasteiger partial charge is 0.481 e. The van der Waals surface area contributed by atoms with Crippen LogP contribution in [0, 0.1) is 5.92 Å². The molecule has 1 N–H and O–H groups in total. The van der Waals surface area contributed by atoms with Crippen LogP contribution in [0.3, 0.4) is 0 Å². The van der Waals surface area contributed by atoms with Gasteiger partial charge in [-0.1, -0.05) is 6.92 Å². The van der Waals surface area contributed by atoms with Crippen molar-refractivity contribution in [1.82, 2.24) is 4.90 Å². The number of aliphatic carboxylic acids is 1. The fraction of sp³-hybridized carbons (Fsp3) is 0.923. The van der Waals surface area contributed by atoms with Crippen LogP contribution in [0.25, 0.3) is 0 Å². The molecule has 0 amide bonds. The third-order valence-electron chi connectivity index (χ3n) is 4.19. The minimum absolute atomic E-state index is 0.0723. The Balaban J connectivity index is 2.86. The van der Waals surface area contributed by atoms with Gasteiger partial charge in [0, 0.05) is 19.2 Å². The van der Waals surface area contributed by atoms with E-state index < -0.39 is 11.9 Å². The zero-order valence-corrected chi connectivity index (χ0v) is 12.0. The quantitative estimate of drug-likeness (QED) is 0.777. The second-order valence-corrected chi connectivity index (χ2v) is 5.36. The minimum Gasteiger partial charge on any atom is -0.481 e. The second kappa shape index (κ2) is 5.99. The van der Waals surface area contributed by atoms with E-state index in [1.54, 1.807) is 7.11 Å². The second-order valence-electron chi connectivity index (χ2n) is 5.36. The van der Waals surface area contributed by atoms with Gasteiger partial charge in [-0.25, -0.2) is 0 Å². The molecule has 1 aliphatic rings. The van der Waals surface area contributed by atoms with Crippen LogP contribution in [0.1, 0.15) is 27.7 Å². The molecule has 0 aliphatic carbocycles. The summed E-state index contributed by atoms with van der Waals surface area (Å²) in [6.07, 6.45) is 0. The molecule has 0 aromatic carbocycles. The molecule has 1 aliphatic heterocycles. The van der Waals surface area contributed by atoms with Crippen molar-refractivity contribution >= 4 is 5.97 Å². The van der Waals surface area contributed by atoms with Crippen LogP contribution < -0.4 is 0 Å². The molecule has 0 aromatic rings. The Hall–Kier alpha value is -0.650. The highest BCUT2D eigenvalue weighted by atomic mass is 16.5. The molecule has 0 saturated carbocycles. The first-order valence-electron chi connectivity index (χ1n) is 6.46. The first-order valence-corrected chi connectivity index (χ1v) is 6.46. The van der Waals surface area contributed by atoms with Crippen LogP contribution in [0.2, 0.25) is 0 Å². The maximum atomic E-state index is 11.2. The van der Waals surface area contributed by atoms with E-state index in [4.69, 9.17) is 9.47 Å². The summed E-state index contributed by atoms with van der Waals surface area (Å²) >= 11 is 0. The van der Waals surface area contributed by atoms with E-state index in [1.807, 2.05) is 20.8 Å². The molecule has 0 bridgehead atoms. The van der Waals surface area contributed by atoms with Gasteiger partial charge in [0.2, 0.25) is 0 Å². The number of carboxylic acid groups (broad SMARTS) is 1. The van der Waals surface area contributed by atoms with Crippen LogP contribution in [0.5, 0.6) is 0 Å². The third kappa shape index (κ3) is 3.02. The Morgan fingerprint density at radius 2 is 2.17 bits per heavy atom. The Morgan fingerprint density at radius 1 is 1.56 bits per heavy atom. The first kappa shape index (κ1) is 15.4. The van der Waals surface area contributed by atoms with Crippen molar-refractivity contribution < 1.29 is 19.4 Å². The highest BCUT2D eigenvalue weighted by Gasteiger charge is 2.42. The van der Waals surface area contributed by atoms with Crippen LogP contribution in [-0.2, 0) is 14.3 Å². The van der Waals surface area contributed by atoms with Crippen LogP contribution in [0.15, 0.2) is 0 Å². The molecule has 0 radical (unpaired) electrons. The van der Waals surface area contributed by atoms with Crippen molar-refractivity contribution in [2.75, 3.05) is 26.9 Å². The molecular weight excluding hydrogens is 234 g/mol. The maximum absolute atomic E-state index is 11.2. The van der Waals surface area contributed by atoms with Gasteiger partial charge in [0.05, 0.1) is 24.7 Å². The fourth-order valence-corrected chi connectivity index (χ4v) is 2.47. The first-order chi connectivity index (χ1) is 8.35. The zero-order chi connectivity index (χ0) is 13.9. The van der Waals surface area contributed by atoms with E-state index in [-0.39, 0.29) is 17.7 Å². The van der Waals surface area contributed by atoms with Gasteiger partial charge in [0.15, 0.2) is 0 Å². The zero-order valence-electron chi connectivity index (χ0n) is 12.0. The van der Waals surface area contributed by atoms with E-state index in [9.17, 15) is 9.90 Å². The number of nitrogens with zero attached hydrogens (tertiary/aromatic N) is 1. The summed E-state index contributed by atoms with van der Waals surface area (Å²) in [5, 5.41) is 9.23. The predicted octanol–water partition coefficient (Wildman–Crippen LogP) is 1.22. The van der Waals surface area contributed by atoms with E-state index in [0.29, 0.717) is 13.2 Å². The van der Waals surface area contributed by atoms with E-state index >= 15 is 0 Å². The molecule has 18 heavy (non-hydrogen) atoms. The number of carbonyl (C=O) groups is 1. The van der Waals surface area contributed by atoms with Gasteiger partial charge in [-0.15, -0.1) is 0 Å². The topological polar surface area (TPSA) is 59.0 Å². The van der Waals surface area contributed by atoms with E-state index in [0.717, 1.165) is 6.54 Å². The van der Waals surface area contributed by atoms with Crippen LogP contribution in [0.4, 0.5) is 0 Å². The predicted molar refractivity (Wildman–Crippen MR) is 68.7 cm³/mol. The standard InChI is InChI=1S/C13H25NO4/c1-6-14(9(2)13(3,4)17-5)11-8-18-7-10(11)12(15)16/h9-11H,6-8H2,1-5H3,(H,15,16). The summed E-state index contributed by atoms with van der Waals surface area (Å²) in [6.45, 7) is 9.72. The molecule has 0 aromatic heterocycles. The highest BCUT2D eigenvalue weighted by Crippen LogP contribution is 2.27. The Bertz CT molecular complexity index is 293. The maximum Gasteiger partial charge on any atom is 0.310 e. The average Bonchev–Trinajstić information content (AvgIpc) is 2.79. The van der Waals surface area contributed by atoms with E-state index in [2.05, 4.69) is 11.8 Å². The van der Waals surface area contributed by atoms with Crippen molar-refractivity contribution in [2.24, 2.45) is 5.92 Å². The normalized spacial score (nSPS) is 26.6. The van der Waals surface area contributed by atoms with Gasteiger partial charge in [-0.05, 0) is 27.3 Å². The molecule has 1 saturated heterocycles. The molecule has 106 valence electrons. The minimum atomic E-state index is -0.779. The molecule has 1 fully saturated rings. The van der Waals surface area contributed by atoms with Gasteiger partial charge in [0.1, 0.15) is 0 Å². The monoisotopic (exact) mass is 259 g/mol. The smallest absolute Gasteiger partial charge is 0.310 e. The molecule has 1 rings (SSSR count). The lowest BCUT2D eigenvalue weighted by atomic mass is 9.93. The molecule has 1 heterocycles. The van der Waals surface area contributed by atoms with Crippen molar-refractivity contribution in [1.29, 1.82) is 0 Å². The number of hydrogen-bond acceptors (Lipinski definition) is 4. The summed E-state index contributed by atoms with van der Waals surface area (Å²) in [6, 6.07) is 0.0537. The van der Waals surface area contributed by atoms with Crippen LogP contribution >= 0.6 is 0 Å². The molecule has 5 heteroatoms. The number of hydrogen-bond donors (Lipinski definition) is 1. The van der Waals surface area contributed by atoms with Crippen molar-refractivity contribution in [3.05, 3.63) is 0 Å². The molecular formula is C13H25NO4. The fourth-order valence-electron chi connectivity index (χ4n) is 2.47. The Morgan fingerprint density at radius 3 is 2.61 bits per heavy atom. The lowest BCUT2D eigenvalue weighted by Crippen LogP contribution is -2.55. The van der Waals surface area contributed by atoms with Gasteiger partial charge < -0.3 is 14.6 Å². The SMILES string of the molecule is CCN(C1COCC1C(=O)O)C(C)C(C)(C)OC. The number of methoxy groups -OCH3 is 1. The summed E-state index contributed by atoms with van der Waals surface area (Å²) in [5.74, 6) is -1.22. The van der Waals surface area contributed by atoms with Gasteiger partial charge in [-0.2, -0.15) is 0 Å². The Labute approximate surface area is 109 Å².